The first kappa shape index (κ1) is 16.3. The SMILES string of the molecule is Cc1ccc(C=CC(=O)Oc2c(Cl)cc(Cl)cc2C=O)cc1. The van der Waals surface area contributed by atoms with E-state index in [9.17, 15) is 9.59 Å². The highest BCUT2D eigenvalue weighted by molar-refractivity contribution is 6.36. The molecule has 0 saturated heterocycles. The van der Waals surface area contributed by atoms with Crippen LogP contribution in [0, 0.1) is 6.92 Å². The minimum absolute atomic E-state index is 0.000349. The van der Waals surface area contributed by atoms with E-state index in [2.05, 4.69) is 0 Å². The zero-order valence-corrected chi connectivity index (χ0v) is 13.2. The van der Waals surface area contributed by atoms with Gasteiger partial charge in [0.05, 0.1) is 10.6 Å². The molecule has 112 valence electrons. The van der Waals surface area contributed by atoms with E-state index in [0.717, 1.165) is 11.1 Å². The Morgan fingerprint density at radius 2 is 1.82 bits per heavy atom. The number of hydrogen-bond donors (Lipinski definition) is 0. The van der Waals surface area contributed by atoms with Crippen molar-refractivity contribution in [1.29, 1.82) is 0 Å². The Balaban J connectivity index is 2.15. The van der Waals surface area contributed by atoms with Crippen LogP contribution in [-0.2, 0) is 4.79 Å². The molecule has 5 heteroatoms. The minimum atomic E-state index is -0.632. The van der Waals surface area contributed by atoms with Crippen molar-refractivity contribution in [3.8, 4) is 5.75 Å². The normalized spacial score (nSPS) is 10.7. The fourth-order valence-electron chi connectivity index (χ4n) is 1.75. The molecular weight excluding hydrogens is 323 g/mol. The van der Waals surface area contributed by atoms with Gasteiger partial charge in [0, 0.05) is 11.1 Å². The maximum absolute atomic E-state index is 11.8. The molecule has 0 unspecified atom stereocenters. The largest absolute Gasteiger partial charge is 0.421 e. The Morgan fingerprint density at radius 1 is 1.14 bits per heavy atom. The van der Waals surface area contributed by atoms with Gasteiger partial charge in [-0.3, -0.25) is 4.79 Å². The molecule has 2 aromatic rings. The second kappa shape index (κ2) is 7.25. The van der Waals surface area contributed by atoms with Gasteiger partial charge in [0.1, 0.15) is 0 Å². The maximum Gasteiger partial charge on any atom is 0.336 e. The molecule has 0 atom stereocenters. The van der Waals surface area contributed by atoms with Crippen LogP contribution < -0.4 is 4.74 Å². The summed E-state index contributed by atoms with van der Waals surface area (Å²) in [4.78, 5) is 22.8. The van der Waals surface area contributed by atoms with E-state index in [1.807, 2.05) is 31.2 Å². The van der Waals surface area contributed by atoms with Crippen LogP contribution >= 0.6 is 23.2 Å². The van der Waals surface area contributed by atoms with Crippen molar-refractivity contribution in [1.82, 2.24) is 0 Å². The Hall–Kier alpha value is -2.10. The summed E-state index contributed by atoms with van der Waals surface area (Å²) in [6.45, 7) is 1.98. The van der Waals surface area contributed by atoms with Crippen LogP contribution in [0.5, 0.6) is 5.75 Å². The highest BCUT2D eigenvalue weighted by Gasteiger charge is 2.13. The molecule has 0 bridgehead atoms. The van der Waals surface area contributed by atoms with Gasteiger partial charge in [-0.2, -0.15) is 0 Å². The second-order valence-electron chi connectivity index (χ2n) is 4.59. The zero-order chi connectivity index (χ0) is 16.1. The smallest absolute Gasteiger partial charge is 0.336 e. The molecule has 0 N–H and O–H groups in total. The van der Waals surface area contributed by atoms with Crippen molar-refractivity contribution in [3.63, 3.8) is 0 Å². The topological polar surface area (TPSA) is 43.4 Å². The van der Waals surface area contributed by atoms with E-state index >= 15 is 0 Å². The number of aryl methyl sites for hydroxylation is 1. The molecule has 0 aromatic heterocycles. The molecule has 2 aromatic carbocycles. The summed E-state index contributed by atoms with van der Waals surface area (Å²) in [5.41, 5.74) is 2.11. The fraction of sp³-hybridized carbons (Fsp3) is 0.0588. The summed E-state index contributed by atoms with van der Waals surface area (Å²) in [5.74, 6) is -0.632. The molecule has 0 aliphatic rings. The van der Waals surface area contributed by atoms with Gasteiger partial charge >= 0.3 is 5.97 Å². The van der Waals surface area contributed by atoms with Crippen molar-refractivity contribution in [2.45, 2.75) is 6.92 Å². The van der Waals surface area contributed by atoms with E-state index < -0.39 is 5.97 Å². The molecule has 0 fully saturated rings. The van der Waals surface area contributed by atoms with Gasteiger partial charge in [-0.05, 0) is 30.7 Å². The second-order valence-corrected chi connectivity index (χ2v) is 5.43. The number of carbonyl (C=O) groups excluding carboxylic acids is 2. The van der Waals surface area contributed by atoms with Gasteiger partial charge in [0.25, 0.3) is 0 Å². The fourth-order valence-corrected chi connectivity index (χ4v) is 2.30. The zero-order valence-electron chi connectivity index (χ0n) is 11.7. The molecule has 0 aliphatic heterocycles. The van der Waals surface area contributed by atoms with E-state index in [0.29, 0.717) is 11.3 Å². The number of esters is 1. The lowest BCUT2D eigenvalue weighted by Gasteiger charge is -2.07. The minimum Gasteiger partial charge on any atom is -0.421 e. The third-order valence-corrected chi connectivity index (χ3v) is 3.35. The van der Waals surface area contributed by atoms with Crippen LogP contribution in [0.4, 0.5) is 0 Å². The summed E-state index contributed by atoms with van der Waals surface area (Å²) >= 11 is 11.7. The quantitative estimate of drug-likeness (QED) is 0.351. The number of rotatable bonds is 4. The van der Waals surface area contributed by atoms with E-state index in [4.69, 9.17) is 27.9 Å². The Bertz CT molecular complexity index is 734. The molecule has 3 nitrogen and oxygen atoms in total. The first-order chi connectivity index (χ1) is 10.5. The summed E-state index contributed by atoms with van der Waals surface area (Å²) in [6.07, 6.45) is 3.42. The number of halogens is 2. The average molecular weight is 335 g/mol. The van der Waals surface area contributed by atoms with Crippen molar-refractivity contribution in [2.24, 2.45) is 0 Å². The summed E-state index contributed by atoms with van der Waals surface area (Å²) < 4.78 is 5.12. The van der Waals surface area contributed by atoms with Crippen molar-refractivity contribution in [3.05, 3.63) is 69.2 Å². The van der Waals surface area contributed by atoms with Crippen molar-refractivity contribution in [2.75, 3.05) is 0 Å². The molecule has 22 heavy (non-hydrogen) atoms. The summed E-state index contributed by atoms with van der Waals surface area (Å²) in [5, 5.41) is 0.397. The predicted molar refractivity (Wildman–Crippen MR) is 87.7 cm³/mol. The number of carbonyl (C=O) groups is 2. The van der Waals surface area contributed by atoms with Crippen LogP contribution in [0.15, 0.2) is 42.5 Å². The monoisotopic (exact) mass is 334 g/mol. The highest BCUT2D eigenvalue weighted by atomic mass is 35.5. The molecule has 0 heterocycles. The third kappa shape index (κ3) is 4.20. The Morgan fingerprint density at radius 3 is 2.45 bits per heavy atom. The molecule has 0 saturated carbocycles. The Labute approximate surface area is 138 Å². The van der Waals surface area contributed by atoms with Crippen LogP contribution in [0.1, 0.15) is 21.5 Å². The molecule has 0 amide bonds. The third-order valence-electron chi connectivity index (χ3n) is 2.86. The molecule has 2 rings (SSSR count). The molecule has 0 radical (unpaired) electrons. The highest BCUT2D eigenvalue weighted by Crippen LogP contribution is 2.31. The van der Waals surface area contributed by atoms with E-state index in [-0.39, 0.29) is 16.3 Å². The van der Waals surface area contributed by atoms with Crippen LogP contribution in [0.2, 0.25) is 10.0 Å². The van der Waals surface area contributed by atoms with E-state index in [1.165, 1.54) is 18.2 Å². The predicted octanol–water partition coefficient (Wildman–Crippen LogP) is 4.73. The van der Waals surface area contributed by atoms with Crippen molar-refractivity contribution >= 4 is 41.5 Å². The number of benzene rings is 2. The standard InChI is InChI=1S/C17H12Cl2O3/c1-11-2-4-12(5-3-11)6-7-16(21)22-17-13(10-20)8-14(18)9-15(17)19/h2-10H,1H3. The van der Waals surface area contributed by atoms with Gasteiger partial charge in [0.15, 0.2) is 12.0 Å². The first-order valence-electron chi connectivity index (χ1n) is 6.40. The summed E-state index contributed by atoms with van der Waals surface area (Å²) in [7, 11) is 0. The van der Waals surface area contributed by atoms with Crippen LogP contribution in [-0.4, -0.2) is 12.3 Å². The van der Waals surface area contributed by atoms with Crippen LogP contribution in [0.3, 0.4) is 0 Å². The van der Waals surface area contributed by atoms with Crippen LogP contribution in [0.25, 0.3) is 6.08 Å². The number of aldehydes is 1. The van der Waals surface area contributed by atoms with E-state index in [1.54, 1.807) is 6.08 Å². The summed E-state index contributed by atoms with van der Waals surface area (Å²) in [6, 6.07) is 10.4. The molecular formula is C17H12Cl2O3. The maximum atomic E-state index is 11.8. The lowest BCUT2D eigenvalue weighted by molar-refractivity contribution is -0.128. The van der Waals surface area contributed by atoms with Gasteiger partial charge in [0.2, 0.25) is 0 Å². The van der Waals surface area contributed by atoms with Gasteiger partial charge in [-0.1, -0.05) is 53.0 Å². The molecule has 0 spiro atoms. The average Bonchev–Trinajstić information content (AvgIpc) is 2.49. The molecule has 0 aliphatic carbocycles. The first-order valence-corrected chi connectivity index (χ1v) is 7.16. The lowest BCUT2D eigenvalue weighted by atomic mass is 10.1. The number of hydrogen-bond acceptors (Lipinski definition) is 3. The van der Waals surface area contributed by atoms with Crippen molar-refractivity contribution < 1.29 is 14.3 Å². The van der Waals surface area contributed by atoms with Gasteiger partial charge in [-0.25, -0.2) is 4.79 Å². The lowest BCUT2D eigenvalue weighted by Crippen LogP contribution is -2.06. The van der Waals surface area contributed by atoms with Gasteiger partial charge < -0.3 is 4.74 Å². The van der Waals surface area contributed by atoms with Gasteiger partial charge in [-0.15, -0.1) is 0 Å². The number of ether oxygens (including phenoxy) is 1. The Kier molecular flexibility index (Phi) is 5.36.